The fourth-order valence-electron chi connectivity index (χ4n) is 3.20. The van der Waals surface area contributed by atoms with Crippen molar-refractivity contribution < 1.29 is 31.1 Å². The molecule has 0 unspecified atom stereocenters. The lowest BCUT2D eigenvalue weighted by molar-refractivity contribution is -0.137. The maximum Gasteiger partial charge on any atom is 0.417 e. The first-order valence-electron chi connectivity index (χ1n) is 9.50. The third kappa shape index (κ3) is 5.43. The average molecular weight is 489 g/mol. The molecule has 1 heterocycles. The molecule has 6 nitrogen and oxygen atoms in total. The molecule has 0 spiro atoms. The van der Waals surface area contributed by atoms with Gasteiger partial charge in [-0.15, -0.1) is 0 Å². The Kier molecular flexibility index (Phi) is 7.16. The van der Waals surface area contributed by atoms with Gasteiger partial charge in [-0.1, -0.05) is 23.7 Å². The van der Waals surface area contributed by atoms with Crippen molar-refractivity contribution in [3.8, 4) is 5.75 Å². The predicted octanol–water partition coefficient (Wildman–Crippen LogP) is 3.91. The van der Waals surface area contributed by atoms with Crippen molar-refractivity contribution in [1.82, 2.24) is 9.21 Å². The second kappa shape index (κ2) is 9.51. The number of sulfonamides is 1. The normalized spacial score (nSPS) is 15.8. The number of hydrogen-bond donors (Lipinski definition) is 0. The molecule has 172 valence electrons. The number of ether oxygens (including phenoxy) is 1. The molecule has 1 saturated heterocycles. The Morgan fingerprint density at radius 2 is 1.78 bits per heavy atom. The Morgan fingerprint density at radius 1 is 1.09 bits per heavy atom. The van der Waals surface area contributed by atoms with Gasteiger partial charge in [0.15, 0.2) is 0 Å². The van der Waals surface area contributed by atoms with Gasteiger partial charge in [0.25, 0.3) is 0 Å². The Bertz CT molecular complexity index is 1130. The van der Waals surface area contributed by atoms with Crippen LogP contribution in [0.2, 0.25) is 5.02 Å². The lowest BCUT2D eigenvalue weighted by Gasteiger charge is -2.33. The first-order valence-corrected chi connectivity index (χ1v) is 11.3. The van der Waals surface area contributed by atoms with Crippen LogP contribution in [0.1, 0.15) is 11.1 Å². The zero-order valence-electron chi connectivity index (χ0n) is 17.0. The summed E-state index contributed by atoms with van der Waals surface area (Å²) >= 11 is 5.58. The minimum Gasteiger partial charge on any atom is -0.497 e. The zero-order chi connectivity index (χ0) is 23.5. The smallest absolute Gasteiger partial charge is 0.417 e. The Balaban J connectivity index is 1.67. The SMILES string of the molecule is COc1cccc(/C=C/C(=O)N2CCN(S(=O)(=O)c3ccc(Cl)c(C(F)(F)F)c3)CC2)c1. The van der Waals surface area contributed by atoms with E-state index < -0.39 is 31.7 Å². The van der Waals surface area contributed by atoms with E-state index in [1.807, 2.05) is 0 Å². The van der Waals surface area contributed by atoms with Crippen LogP contribution in [0, 0.1) is 0 Å². The summed E-state index contributed by atoms with van der Waals surface area (Å²) in [6, 6.07) is 9.62. The van der Waals surface area contributed by atoms with Gasteiger partial charge in [-0.2, -0.15) is 17.5 Å². The van der Waals surface area contributed by atoms with Gasteiger partial charge in [-0.05, 0) is 42.0 Å². The van der Waals surface area contributed by atoms with E-state index in [4.69, 9.17) is 16.3 Å². The third-order valence-corrected chi connectivity index (χ3v) is 7.17. The van der Waals surface area contributed by atoms with Crippen LogP contribution in [-0.4, -0.2) is 56.8 Å². The Morgan fingerprint density at radius 3 is 2.41 bits per heavy atom. The minimum absolute atomic E-state index is 0.0367. The zero-order valence-corrected chi connectivity index (χ0v) is 18.5. The number of nitrogens with zero attached hydrogens (tertiary/aromatic N) is 2. The van der Waals surface area contributed by atoms with E-state index in [-0.39, 0.29) is 32.1 Å². The van der Waals surface area contributed by atoms with Gasteiger partial charge in [0.05, 0.1) is 22.6 Å². The predicted molar refractivity (Wildman–Crippen MR) is 114 cm³/mol. The lowest BCUT2D eigenvalue weighted by atomic mass is 10.2. The van der Waals surface area contributed by atoms with Gasteiger partial charge in [0.2, 0.25) is 15.9 Å². The number of halogens is 4. The maximum absolute atomic E-state index is 13.1. The number of piperazine rings is 1. The molecule has 1 fully saturated rings. The molecule has 1 aliphatic heterocycles. The average Bonchev–Trinajstić information content (AvgIpc) is 2.77. The largest absolute Gasteiger partial charge is 0.497 e. The molecule has 0 atom stereocenters. The van der Waals surface area contributed by atoms with Crippen LogP contribution in [0.15, 0.2) is 53.4 Å². The molecule has 0 saturated carbocycles. The fraction of sp³-hybridized carbons (Fsp3) is 0.286. The summed E-state index contributed by atoms with van der Waals surface area (Å²) in [6.07, 6.45) is -1.77. The van der Waals surface area contributed by atoms with E-state index in [9.17, 15) is 26.4 Å². The standard InChI is InChI=1S/C21H20ClF3N2O4S/c1-31-16-4-2-3-15(13-16)5-8-20(28)26-9-11-27(12-10-26)32(29,30)17-6-7-19(22)18(14-17)21(23,24)25/h2-8,13-14H,9-12H2,1H3/b8-5+. The number of carbonyl (C=O) groups is 1. The van der Waals surface area contributed by atoms with Gasteiger partial charge in [-0.25, -0.2) is 8.42 Å². The van der Waals surface area contributed by atoms with Gasteiger partial charge in [0.1, 0.15) is 5.75 Å². The van der Waals surface area contributed by atoms with E-state index >= 15 is 0 Å². The third-order valence-electron chi connectivity index (χ3n) is 4.94. The quantitative estimate of drug-likeness (QED) is 0.598. The Labute approximate surface area is 188 Å². The summed E-state index contributed by atoms with van der Waals surface area (Å²) < 4.78 is 71.1. The molecule has 32 heavy (non-hydrogen) atoms. The highest BCUT2D eigenvalue weighted by Gasteiger charge is 2.36. The number of hydrogen-bond acceptors (Lipinski definition) is 4. The molecule has 2 aromatic rings. The van der Waals surface area contributed by atoms with Gasteiger partial charge >= 0.3 is 6.18 Å². The highest BCUT2D eigenvalue weighted by Crippen LogP contribution is 2.36. The number of rotatable bonds is 5. The van der Waals surface area contributed by atoms with Crippen molar-refractivity contribution in [2.75, 3.05) is 33.3 Å². The van der Waals surface area contributed by atoms with Gasteiger partial charge < -0.3 is 9.64 Å². The first kappa shape index (κ1) is 24.1. The van der Waals surface area contributed by atoms with E-state index in [0.29, 0.717) is 11.8 Å². The van der Waals surface area contributed by atoms with Crippen molar-refractivity contribution >= 4 is 33.6 Å². The maximum atomic E-state index is 13.1. The van der Waals surface area contributed by atoms with Crippen LogP contribution in [-0.2, 0) is 21.0 Å². The topological polar surface area (TPSA) is 66.9 Å². The van der Waals surface area contributed by atoms with Crippen LogP contribution in [0.4, 0.5) is 13.2 Å². The second-order valence-corrected chi connectivity index (χ2v) is 9.32. The highest BCUT2D eigenvalue weighted by molar-refractivity contribution is 7.89. The van der Waals surface area contributed by atoms with Gasteiger partial charge in [0, 0.05) is 32.3 Å². The first-order chi connectivity index (χ1) is 15.0. The van der Waals surface area contributed by atoms with Crippen molar-refractivity contribution in [3.05, 3.63) is 64.7 Å². The number of methoxy groups -OCH3 is 1. The summed E-state index contributed by atoms with van der Waals surface area (Å²) in [4.78, 5) is 13.4. The van der Waals surface area contributed by atoms with E-state index in [0.717, 1.165) is 22.0 Å². The van der Waals surface area contributed by atoms with Crippen molar-refractivity contribution in [2.24, 2.45) is 0 Å². The van der Waals surface area contributed by atoms with Crippen LogP contribution in [0.25, 0.3) is 6.08 Å². The molecule has 0 aliphatic carbocycles. The summed E-state index contributed by atoms with van der Waals surface area (Å²) in [5, 5.41) is -0.574. The molecule has 0 N–H and O–H groups in total. The fourth-order valence-corrected chi connectivity index (χ4v) is 4.87. The Hall–Kier alpha value is -2.56. The van der Waals surface area contributed by atoms with Crippen molar-refractivity contribution in [1.29, 1.82) is 0 Å². The molecule has 2 aromatic carbocycles. The molecular weight excluding hydrogens is 469 g/mol. The van der Waals surface area contributed by atoms with Crippen LogP contribution < -0.4 is 4.74 Å². The van der Waals surface area contributed by atoms with Gasteiger partial charge in [-0.3, -0.25) is 4.79 Å². The summed E-state index contributed by atoms with van der Waals surface area (Å²) in [7, 11) is -2.63. The molecule has 0 aromatic heterocycles. The molecule has 3 rings (SSSR count). The minimum atomic E-state index is -4.77. The van der Waals surface area contributed by atoms with E-state index in [1.165, 1.54) is 18.1 Å². The van der Waals surface area contributed by atoms with E-state index in [2.05, 4.69) is 0 Å². The molecule has 1 aliphatic rings. The molecule has 11 heteroatoms. The molecule has 1 amide bonds. The lowest BCUT2D eigenvalue weighted by Crippen LogP contribution is -2.50. The monoisotopic (exact) mass is 488 g/mol. The summed E-state index contributed by atoms with van der Waals surface area (Å²) in [5.74, 6) is 0.352. The summed E-state index contributed by atoms with van der Waals surface area (Å²) in [6.45, 7) is 0.149. The summed E-state index contributed by atoms with van der Waals surface area (Å²) in [5.41, 5.74) is -0.446. The van der Waals surface area contributed by atoms with Crippen molar-refractivity contribution in [3.63, 3.8) is 0 Å². The highest BCUT2D eigenvalue weighted by atomic mass is 35.5. The number of carbonyl (C=O) groups excluding carboxylic acids is 1. The number of alkyl halides is 3. The van der Waals surface area contributed by atoms with Crippen LogP contribution in [0.5, 0.6) is 5.75 Å². The van der Waals surface area contributed by atoms with Crippen LogP contribution in [0.3, 0.4) is 0 Å². The molecule has 0 radical (unpaired) electrons. The number of benzene rings is 2. The van der Waals surface area contributed by atoms with Crippen molar-refractivity contribution in [2.45, 2.75) is 11.1 Å². The van der Waals surface area contributed by atoms with Crippen LogP contribution >= 0.6 is 11.6 Å². The van der Waals surface area contributed by atoms with E-state index in [1.54, 1.807) is 30.3 Å². The number of amides is 1. The molecular formula is C21H20ClF3N2O4S. The molecule has 0 bridgehead atoms. The second-order valence-electron chi connectivity index (χ2n) is 6.98.